The lowest BCUT2D eigenvalue weighted by Gasteiger charge is -2.31. The van der Waals surface area contributed by atoms with Crippen molar-refractivity contribution in [2.24, 2.45) is 0 Å². The number of carbonyl (C=O) groups is 1. The minimum atomic E-state index is -0.0330. The molecule has 5 heteroatoms. The summed E-state index contributed by atoms with van der Waals surface area (Å²) in [7, 11) is 1.53. The first-order valence-corrected chi connectivity index (χ1v) is 6.99. The van der Waals surface area contributed by atoms with E-state index in [2.05, 4.69) is 27.6 Å². The number of amides is 1. The first kappa shape index (κ1) is 15.2. The highest BCUT2D eigenvalue weighted by Gasteiger charge is 2.26. The summed E-state index contributed by atoms with van der Waals surface area (Å²) in [5.74, 6) is 0.354. The standard InChI is InChI=1S/C13H19IN2O2/c1-8(2)16(9(3)4)13(17)11-10(14)6-7-15-12(11)18-5/h6-9H,1-5H3. The number of carbonyl (C=O) groups excluding carboxylic acids is 1. The number of hydrogen-bond acceptors (Lipinski definition) is 3. The molecule has 1 heterocycles. The van der Waals surface area contributed by atoms with Gasteiger partial charge < -0.3 is 9.64 Å². The molecule has 0 saturated carbocycles. The van der Waals surface area contributed by atoms with Crippen LogP contribution in [-0.2, 0) is 0 Å². The summed E-state index contributed by atoms with van der Waals surface area (Å²) in [5, 5.41) is 0. The number of halogens is 1. The summed E-state index contributed by atoms with van der Waals surface area (Å²) in [4.78, 5) is 18.6. The Kier molecular flexibility index (Phi) is 5.37. The van der Waals surface area contributed by atoms with Gasteiger partial charge in [-0.1, -0.05) is 0 Å². The van der Waals surface area contributed by atoms with E-state index in [0.29, 0.717) is 11.4 Å². The van der Waals surface area contributed by atoms with Crippen LogP contribution in [-0.4, -0.2) is 35.0 Å². The Morgan fingerprint density at radius 3 is 2.33 bits per heavy atom. The van der Waals surface area contributed by atoms with Crippen molar-refractivity contribution >= 4 is 28.5 Å². The van der Waals surface area contributed by atoms with Crippen LogP contribution < -0.4 is 4.74 Å². The van der Waals surface area contributed by atoms with Gasteiger partial charge in [0.1, 0.15) is 5.56 Å². The molecule has 0 aliphatic rings. The van der Waals surface area contributed by atoms with Crippen LogP contribution in [0.25, 0.3) is 0 Å². The Morgan fingerprint density at radius 2 is 1.89 bits per heavy atom. The molecule has 1 rings (SSSR count). The maximum atomic E-state index is 12.6. The monoisotopic (exact) mass is 362 g/mol. The number of hydrogen-bond donors (Lipinski definition) is 0. The summed E-state index contributed by atoms with van der Waals surface area (Å²) in [6, 6.07) is 2.09. The normalized spacial score (nSPS) is 10.9. The van der Waals surface area contributed by atoms with Crippen LogP contribution in [0.15, 0.2) is 12.3 Å². The van der Waals surface area contributed by atoms with Crippen molar-refractivity contribution in [2.45, 2.75) is 39.8 Å². The number of methoxy groups -OCH3 is 1. The highest BCUT2D eigenvalue weighted by atomic mass is 127. The van der Waals surface area contributed by atoms with Crippen LogP contribution in [0.1, 0.15) is 38.1 Å². The average molecular weight is 362 g/mol. The molecule has 0 spiro atoms. The molecule has 0 bridgehead atoms. The molecule has 0 radical (unpaired) electrons. The highest BCUT2D eigenvalue weighted by Crippen LogP contribution is 2.24. The maximum absolute atomic E-state index is 12.6. The van der Waals surface area contributed by atoms with Crippen molar-refractivity contribution in [1.82, 2.24) is 9.88 Å². The third-order valence-electron chi connectivity index (χ3n) is 2.62. The first-order valence-electron chi connectivity index (χ1n) is 5.91. The second-order valence-corrected chi connectivity index (χ2v) is 5.74. The fourth-order valence-corrected chi connectivity index (χ4v) is 2.59. The van der Waals surface area contributed by atoms with Gasteiger partial charge in [0.25, 0.3) is 5.91 Å². The number of aromatic nitrogens is 1. The molecule has 100 valence electrons. The third kappa shape index (κ3) is 3.13. The summed E-state index contributed by atoms with van der Waals surface area (Å²) in [6.45, 7) is 8.03. The van der Waals surface area contributed by atoms with Crippen molar-refractivity contribution in [1.29, 1.82) is 0 Å². The Labute approximate surface area is 122 Å². The molecule has 0 N–H and O–H groups in total. The van der Waals surface area contributed by atoms with Gasteiger partial charge in [-0.25, -0.2) is 4.98 Å². The summed E-state index contributed by atoms with van der Waals surface area (Å²) in [6.07, 6.45) is 1.65. The highest BCUT2D eigenvalue weighted by molar-refractivity contribution is 14.1. The van der Waals surface area contributed by atoms with Gasteiger partial charge in [-0.05, 0) is 56.4 Å². The molecule has 4 nitrogen and oxygen atoms in total. The predicted octanol–water partition coefficient (Wildman–Crippen LogP) is 2.95. The number of pyridine rings is 1. The third-order valence-corrected chi connectivity index (χ3v) is 3.52. The largest absolute Gasteiger partial charge is 0.480 e. The molecule has 0 aliphatic carbocycles. The van der Waals surface area contributed by atoms with E-state index < -0.39 is 0 Å². The van der Waals surface area contributed by atoms with Gasteiger partial charge in [0.05, 0.1) is 7.11 Å². The zero-order valence-corrected chi connectivity index (χ0v) is 13.6. The molecule has 0 aliphatic heterocycles. The van der Waals surface area contributed by atoms with Gasteiger partial charge in [0, 0.05) is 21.9 Å². The Morgan fingerprint density at radius 1 is 1.33 bits per heavy atom. The molecule has 0 saturated heterocycles. The maximum Gasteiger partial charge on any atom is 0.260 e. The number of nitrogens with zero attached hydrogens (tertiary/aromatic N) is 2. The molecular formula is C13H19IN2O2. The first-order chi connectivity index (χ1) is 8.40. The van der Waals surface area contributed by atoms with Crippen LogP contribution in [0.2, 0.25) is 0 Å². The van der Waals surface area contributed by atoms with Gasteiger partial charge in [-0.15, -0.1) is 0 Å². The van der Waals surface area contributed by atoms with Crippen LogP contribution in [0.3, 0.4) is 0 Å². The SMILES string of the molecule is COc1nccc(I)c1C(=O)N(C(C)C)C(C)C. The molecule has 0 fully saturated rings. The summed E-state index contributed by atoms with van der Waals surface area (Å²) < 4.78 is 6.05. The predicted molar refractivity (Wildman–Crippen MR) is 79.9 cm³/mol. The molecule has 0 atom stereocenters. The summed E-state index contributed by atoms with van der Waals surface area (Å²) in [5.41, 5.74) is 0.544. The van der Waals surface area contributed by atoms with Crippen molar-refractivity contribution < 1.29 is 9.53 Å². The number of ether oxygens (including phenoxy) is 1. The van der Waals surface area contributed by atoms with Crippen molar-refractivity contribution in [3.63, 3.8) is 0 Å². The Bertz CT molecular complexity index is 425. The van der Waals surface area contributed by atoms with Crippen LogP contribution in [0.5, 0.6) is 5.88 Å². The summed E-state index contributed by atoms with van der Waals surface area (Å²) >= 11 is 2.14. The van der Waals surface area contributed by atoms with Gasteiger partial charge in [0.2, 0.25) is 5.88 Å². The second kappa shape index (κ2) is 6.36. The van der Waals surface area contributed by atoms with Crippen LogP contribution >= 0.6 is 22.6 Å². The molecule has 18 heavy (non-hydrogen) atoms. The van der Waals surface area contributed by atoms with Gasteiger partial charge in [0.15, 0.2) is 0 Å². The van der Waals surface area contributed by atoms with Crippen LogP contribution in [0, 0.1) is 3.57 Å². The lowest BCUT2D eigenvalue weighted by Crippen LogP contribution is -2.42. The fraction of sp³-hybridized carbons (Fsp3) is 0.538. The van der Waals surface area contributed by atoms with E-state index in [1.54, 1.807) is 6.20 Å². The van der Waals surface area contributed by atoms with E-state index in [4.69, 9.17) is 4.74 Å². The zero-order valence-electron chi connectivity index (χ0n) is 11.4. The average Bonchev–Trinajstić information content (AvgIpc) is 2.27. The molecule has 1 aromatic heterocycles. The molecule has 0 unspecified atom stereocenters. The van der Waals surface area contributed by atoms with Crippen molar-refractivity contribution in [3.8, 4) is 5.88 Å². The molecule has 0 aromatic carbocycles. The quantitative estimate of drug-likeness (QED) is 0.774. The van der Waals surface area contributed by atoms with Crippen molar-refractivity contribution in [3.05, 3.63) is 21.4 Å². The molecule has 1 aromatic rings. The smallest absolute Gasteiger partial charge is 0.260 e. The van der Waals surface area contributed by atoms with E-state index in [1.165, 1.54) is 7.11 Å². The molecule has 1 amide bonds. The minimum Gasteiger partial charge on any atom is -0.480 e. The Hall–Kier alpha value is -0.850. The van der Waals surface area contributed by atoms with E-state index in [1.807, 2.05) is 38.7 Å². The number of rotatable bonds is 4. The topological polar surface area (TPSA) is 42.4 Å². The van der Waals surface area contributed by atoms with E-state index >= 15 is 0 Å². The zero-order chi connectivity index (χ0) is 13.9. The van der Waals surface area contributed by atoms with Gasteiger partial charge in [-0.3, -0.25) is 4.79 Å². The van der Waals surface area contributed by atoms with E-state index in [-0.39, 0.29) is 18.0 Å². The second-order valence-electron chi connectivity index (χ2n) is 4.58. The van der Waals surface area contributed by atoms with Gasteiger partial charge >= 0.3 is 0 Å². The molecular weight excluding hydrogens is 343 g/mol. The van der Waals surface area contributed by atoms with Crippen LogP contribution in [0.4, 0.5) is 0 Å². The van der Waals surface area contributed by atoms with Crippen molar-refractivity contribution in [2.75, 3.05) is 7.11 Å². The Balaban J connectivity index is 3.24. The lowest BCUT2D eigenvalue weighted by molar-refractivity contribution is 0.0638. The lowest BCUT2D eigenvalue weighted by atomic mass is 10.1. The van der Waals surface area contributed by atoms with E-state index in [9.17, 15) is 4.79 Å². The van der Waals surface area contributed by atoms with Gasteiger partial charge in [-0.2, -0.15) is 0 Å². The minimum absolute atomic E-state index is 0.0330. The van der Waals surface area contributed by atoms with E-state index in [0.717, 1.165) is 3.57 Å². The fourth-order valence-electron chi connectivity index (χ4n) is 1.96.